The zero-order valence-corrected chi connectivity index (χ0v) is 29.5. The Hall–Kier alpha value is -4.58. The Morgan fingerprint density at radius 1 is 1.00 bits per heavy atom. The van der Waals surface area contributed by atoms with Crippen molar-refractivity contribution in [3.63, 3.8) is 0 Å². The fourth-order valence-corrected chi connectivity index (χ4v) is 6.94. The van der Waals surface area contributed by atoms with E-state index in [0.29, 0.717) is 54.5 Å². The number of nitrogens with zero attached hydrogens (tertiary/aromatic N) is 1. The summed E-state index contributed by atoms with van der Waals surface area (Å²) < 4.78 is 22.4. The van der Waals surface area contributed by atoms with Crippen molar-refractivity contribution in [1.82, 2.24) is 5.43 Å². The Morgan fingerprint density at radius 3 is 2.45 bits per heavy atom. The van der Waals surface area contributed by atoms with Gasteiger partial charge in [0.2, 0.25) is 0 Å². The third-order valence-electron chi connectivity index (χ3n) is 7.69. The van der Waals surface area contributed by atoms with Crippen LogP contribution in [0.2, 0.25) is 10.0 Å². The molecule has 1 aromatic heterocycles. The highest BCUT2D eigenvalue weighted by Gasteiger charge is 2.27. The molecule has 49 heavy (non-hydrogen) atoms. The highest BCUT2D eigenvalue weighted by Crippen LogP contribution is 2.39. The molecule has 1 atom stereocenters. The van der Waals surface area contributed by atoms with Gasteiger partial charge < -0.3 is 24.3 Å². The van der Waals surface area contributed by atoms with Gasteiger partial charge in [0.1, 0.15) is 17.4 Å². The van der Waals surface area contributed by atoms with Crippen LogP contribution in [-0.4, -0.2) is 43.8 Å². The topological polar surface area (TPSA) is 125 Å². The molecule has 0 bridgehead atoms. The van der Waals surface area contributed by atoms with Gasteiger partial charge in [-0.25, -0.2) is 10.2 Å². The van der Waals surface area contributed by atoms with Crippen molar-refractivity contribution < 1.29 is 33.3 Å². The first-order chi connectivity index (χ1) is 23.7. The number of esters is 1. The molecule has 1 unspecified atom stereocenters. The van der Waals surface area contributed by atoms with Gasteiger partial charge in [-0.15, -0.1) is 11.3 Å². The molecule has 0 aliphatic heterocycles. The Bertz CT molecular complexity index is 1840. The number of carbonyl (C=O) groups excluding carboxylic acids is 3. The SMILES string of the molecule is CCOC(=O)c1c(NC(=O)c2ccc(OC(C)C(=O)NN=Cc3ccc(OCc4c(Cl)cccc4Cl)c(OC)c3)cc2)sc2c1CCCC2. The highest BCUT2D eigenvalue weighted by atomic mass is 35.5. The molecule has 1 aliphatic carbocycles. The number of fused-ring (bicyclic) bond motifs is 1. The van der Waals surface area contributed by atoms with Gasteiger partial charge in [-0.05, 0) is 105 Å². The molecule has 1 aliphatic rings. The normalized spacial score (nSPS) is 12.9. The number of benzene rings is 3. The maximum atomic E-state index is 13.1. The molecule has 2 amide bonds. The van der Waals surface area contributed by atoms with E-state index in [1.165, 1.54) is 24.7 Å². The number of rotatable bonds is 13. The standard InChI is InChI=1S/C36H35Cl2N3O7S/c1-4-46-36(44)32-25-8-5-6-11-31(25)49-35(32)40-34(43)23-13-15-24(16-14-23)48-21(2)33(42)41-39-19-22-12-17-29(30(18-22)45-3)47-20-26-27(37)9-7-10-28(26)38/h7,9-10,12-19,21H,4-6,8,11,20H2,1-3H3,(H,40,43)(H,41,42). The number of aryl methyl sites for hydroxylation is 1. The largest absolute Gasteiger partial charge is 0.493 e. The van der Waals surface area contributed by atoms with Crippen LogP contribution in [0.4, 0.5) is 5.00 Å². The number of amides is 2. The van der Waals surface area contributed by atoms with Gasteiger partial charge in [-0.3, -0.25) is 9.59 Å². The highest BCUT2D eigenvalue weighted by molar-refractivity contribution is 7.17. The summed E-state index contributed by atoms with van der Waals surface area (Å²) >= 11 is 13.9. The molecule has 10 nitrogen and oxygen atoms in total. The monoisotopic (exact) mass is 723 g/mol. The molecular weight excluding hydrogens is 689 g/mol. The van der Waals surface area contributed by atoms with Crippen molar-refractivity contribution in [2.45, 2.75) is 52.2 Å². The van der Waals surface area contributed by atoms with Crippen LogP contribution >= 0.6 is 34.5 Å². The molecule has 1 heterocycles. The number of carbonyl (C=O) groups is 3. The predicted molar refractivity (Wildman–Crippen MR) is 191 cm³/mol. The van der Waals surface area contributed by atoms with Crippen LogP contribution in [0, 0.1) is 0 Å². The number of halogens is 2. The fourth-order valence-electron chi connectivity index (χ4n) is 5.16. The second-order valence-corrected chi connectivity index (χ2v) is 12.9. The van der Waals surface area contributed by atoms with Crippen LogP contribution in [0.5, 0.6) is 17.2 Å². The molecule has 0 radical (unpaired) electrons. The molecule has 0 spiro atoms. The van der Waals surface area contributed by atoms with Crippen molar-refractivity contribution in [2.24, 2.45) is 5.10 Å². The molecule has 256 valence electrons. The van der Waals surface area contributed by atoms with E-state index in [9.17, 15) is 14.4 Å². The minimum atomic E-state index is -0.886. The summed E-state index contributed by atoms with van der Waals surface area (Å²) in [6, 6.07) is 16.8. The lowest BCUT2D eigenvalue weighted by molar-refractivity contribution is -0.127. The number of nitrogens with one attached hydrogen (secondary N) is 2. The van der Waals surface area contributed by atoms with E-state index >= 15 is 0 Å². The number of hydrazone groups is 1. The number of ether oxygens (including phenoxy) is 4. The lowest BCUT2D eigenvalue weighted by Crippen LogP contribution is -2.33. The fraction of sp³-hybridized carbons (Fsp3) is 0.278. The van der Waals surface area contributed by atoms with Crippen molar-refractivity contribution >= 4 is 63.5 Å². The Kier molecular flexibility index (Phi) is 12.2. The van der Waals surface area contributed by atoms with E-state index in [0.717, 1.165) is 36.1 Å². The van der Waals surface area contributed by atoms with Crippen LogP contribution in [0.15, 0.2) is 65.8 Å². The number of thiophene rings is 1. The molecule has 13 heteroatoms. The first-order valence-corrected chi connectivity index (χ1v) is 17.2. The van der Waals surface area contributed by atoms with Gasteiger partial charge in [-0.2, -0.15) is 5.10 Å². The first-order valence-electron chi connectivity index (χ1n) is 15.6. The van der Waals surface area contributed by atoms with Crippen LogP contribution in [0.25, 0.3) is 0 Å². The molecule has 0 fully saturated rings. The second kappa shape index (κ2) is 16.7. The molecule has 0 saturated carbocycles. The van der Waals surface area contributed by atoms with Gasteiger partial charge in [0, 0.05) is 26.0 Å². The second-order valence-electron chi connectivity index (χ2n) is 11.0. The Balaban J connectivity index is 1.14. The van der Waals surface area contributed by atoms with Gasteiger partial charge in [0.25, 0.3) is 11.8 Å². The van der Waals surface area contributed by atoms with E-state index < -0.39 is 18.0 Å². The summed E-state index contributed by atoms with van der Waals surface area (Å²) in [6.45, 7) is 3.75. The maximum Gasteiger partial charge on any atom is 0.341 e. The van der Waals surface area contributed by atoms with Gasteiger partial charge >= 0.3 is 5.97 Å². The number of hydrogen-bond acceptors (Lipinski definition) is 9. The Labute approximate surface area is 298 Å². The third kappa shape index (κ3) is 8.91. The Morgan fingerprint density at radius 2 is 1.73 bits per heavy atom. The number of hydrogen-bond donors (Lipinski definition) is 2. The average molecular weight is 725 g/mol. The minimum absolute atomic E-state index is 0.154. The zero-order chi connectivity index (χ0) is 34.9. The van der Waals surface area contributed by atoms with Crippen LogP contribution < -0.4 is 25.0 Å². The molecular formula is C36H35Cl2N3O7S. The average Bonchev–Trinajstić information content (AvgIpc) is 3.46. The van der Waals surface area contributed by atoms with Crippen LogP contribution in [-0.2, 0) is 29.0 Å². The van der Waals surface area contributed by atoms with Crippen LogP contribution in [0.1, 0.15) is 69.0 Å². The number of anilines is 1. The van der Waals surface area contributed by atoms with E-state index in [-0.39, 0.29) is 19.1 Å². The zero-order valence-electron chi connectivity index (χ0n) is 27.1. The van der Waals surface area contributed by atoms with Crippen LogP contribution in [0.3, 0.4) is 0 Å². The molecule has 5 rings (SSSR count). The maximum absolute atomic E-state index is 13.1. The van der Waals surface area contributed by atoms with E-state index in [1.54, 1.807) is 74.5 Å². The van der Waals surface area contributed by atoms with E-state index in [1.807, 2.05) is 0 Å². The van der Waals surface area contributed by atoms with E-state index in [2.05, 4.69) is 15.8 Å². The summed E-state index contributed by atoms with van der Waals surface area (Å²) in [4.78, 5) is 39.6. The van der Waals surface area contributed by atoms with Crippen molar-refractivity contribution in [1.29, 1.82) is 0 Å². The molecule has 0 saturated heterocycles. The van der Waals surface area contributed by atoms with E-state index in [4.69, 9.17) is 42.1 Å². The smallest absolute Gasteiger partial charge is 0.341 e. The predicted octanol–water partition coefficient (Wildman–Crippen LogP) is 7.87. The molecule has 2 N–H and O–H groups in total. The van der Waals surface area contributed by atoms with Gasteiger partial charge in [-0.1, -0.05) is 29.3 Å². The summed E-state index contributed by atoms with van der Waals surface area (Å²) in [5, 5.41) is 8.45. The first kappa shape index (κ1) is 35.7. The van der Waals surface area contributed by atoms with Gasteiger partial charge in [0.05, 0.1) is 25.5 Å². The summed E-state index contributed by atoms with van der Waals surface area (Å²) in [5.74, 6) is 0.0711. The lowest BCUT2D eigenvalue weighted by Gasteiger charge is -2.14. The molecule has 4 aromatic rings. The van der Waals surface area contributed by atoms with Crippen molar-refractivity contribution in [3.8, 4) is 17.2 Å². The summed E-state index contributed by atoms with van der Waals surface area (Å²) in [6.07, 6.45) is 4.30. The molecule has 3 aromatic carbocycles. The van der Waals surface area contributed by atoms with Gasteiger partial charge in [0.15, 0.2) is 17.6 Å². The number of methoxy groups -OCH3 is 1. The summed E-state index contributed by atoms with van der Waals surface area (Å²) in [5.41, 5.74) is 5.59. The lowest BCUT2D eigenvalue weighted by atomic mass is 9.95. The quantitative estimate of drug-likeness (QED) is 0.0817. The van der Waals surface area contributed by atoms with Crippen molar-refractivity contribution in [3.05, 3.63) is 103 Å². The van der Waals surface area contributed by atoms with Crippen molar-refractivity contribution in [2.75, 3.05) is 19.0 Å². The minimum Gasteiger partial charge on any atom is -0.493 e. The summed E-state index contributed by atoms with van der Waals surface area (Å²) in [7, 11) is 1.52. The third-order valence-corrected chi connectivity index (χ3v) is 9.60.